The number of nitrogens with one attached hydrogen (secondary N) is 1. The number of furan rings is 1. The SMILES string of the molecule is CN1C(=O)C2C(SCC(=O)Nc3ccc(Cl)cc3)=NC(c3ccco3)=NC2=[N+](C)C1=O. The van der Waals surface area contributed by atoms with E-state index in [1.165, 1.54) is 24.9 Å². The number of benzene rings is 1. The first kappa shape index (κ1) is 21.0. The van der Waals surface area contributed by atoms with Gasteiger partial charge in [0.25, 0.3) is 11.7 Å². The third kappa shape index (κ3) is 4.17. The fourth-order valence-corrected chi connectivity index (χ4v) is 4.08. The minimum absolute atomic E-state index is 0.00529. The number of amides is 4. The highest BCUT2D eigenvalue weighted by atomic mass is 35.5. The lowest BCUT2D eigenvalue weighted by atomic mass is 10.0. The molecule has 4 amide bonds. The molecule has 0 radical (unpaired) electrons. The summed E-state index contributed by atoms with van der Waals surface area (Å²) in [5, 5.41) is 3.69. The van der Waals surface area contributed by atoms with Crippen molar-refractivity contribution < 1.29 is 23.4 Å². The highest BCUT2D eigenvalue weighted by Gasteiger charge is 2.49. The Morgan fingerprint density at radius 1 is 1.26 bits per heavy atom. The maximum absolute atomic E-state index is 12.8. The maximum Gasteiger partial charge on any atom is 0.445 e. The Balaban J connectivity index is 1.60. The predicted molar refractivity (Wildman–Crippen MR) is 118 cm³/mol. The van der Waals surface area contributed by atoms with E-state index in [0.717, 1.165) is 16.7 Å². The first-order valence-corrected chi connectivity index (χ1v) is 10.5. The summed E-state index contributed by atoms with van der Waals surface area (Å²) in [6.07, 6.45) is 1.48. The lowest BCUT2D eigenvalue weighted by molar-refractivity contribution is -0.407. The van der Waals surface area contributed by atoms with Gasteiger partial charge in [0.15, 0.2) is 11.7 Å². The van der Waals surface area contributed by atoms with Crippen LogP contribution >= 0.6 is 23.4 Å². The molecule has 11 heteroatoms. The molecule has 3 heterocycles. The molecule has 0 fully saturated rings. The summed E-state index contributed by atoms with van der Waals surface area (Å²) in [4.78, 5) is 47.6. The average Bonchev–Trinajstić information content (AvgIpc) is 3.31. The summed E-state index contributed by atoms with van der Waals surface area (Å²) >= 11 is 6.97. The van der Waals surface area contributed by atoms with Crippen molar-refractivity contribution in [1.82, 2.24) is 4.90 Å². The number of imide groups is 1. The molecule has 158 valence electrons. The van der Waals surface area contributed by atoms with Crippen LogP contribution in [0, 0.1) is 5.92 Å². The zero-order valence-electron chi connectivity index (χ0n) is 16.5. The topological polar surface area (TPSA) is 107 Å². The molecule has 2 aliphatic heterocycles. The van der Waals surface area contributed by atoms with E-state index in [2.05, 4.69) is 15.3 Å². The molecule has 0 saturated carbocycles. The highest BCUT2D eigenvalue weighted by molar-refractivity contribution is 8.14. The number of nitrogens with zero attached hydrogens (tertiary/aromatic N) is 4. The maximum atomic E-state index is 12.8. The summed E-state index contributed by atoms with van der Waals surface area (Å²) in [5.74, 6) is -0.735. The molecule has 1 atom stereocenters. The molecular formula is C20H17ClN5O4S+. The molecule has 2 aromatic rings. The zero-order chi connectivity index (χ0) is 22.1. The Labute approximate surface area is 186 Å². The van der Waals surface area contributed by atoms with Gasteiger partial charge in [-0.15, -0.1) is 0 Å². The fraction of sp³-hybridized carbons (Fsp3) is 0.200. The molecule has 0 bridgehead atoms. The van der Waals surface area contributed by atoms with Gasteiger partial charge >= 0.3 is 11.9 Å². The van der Waals surface area contributed by atoms with E-state index in [1.807, 2.05) is 0 Å². The average molecular weight is 459 g/mol. The number of anilines is 1. The Bertz CT molecular complexity index is 1150. The third-order valence-corrected chi connectivity index (χ3v) is 5.94. The minimum Gasteiger partial charge on any atom is -0.459 e. The number of thioether (sulfide) groups is 1. The van der Waals surface area contributed by atoms with E-state index >= 15 is 0 Å². The molecule has 9 nitrogen and oxygen atoms in total. The number of urea groups is 1. The van der Waals surface area contributed by atoms with Crippen molar-refractivity contribution in [2.24, 2.45) is 15.9 Å². The summed E-state index contributed by atoms with van der Waals surface area (Å²) in [6.45, 7) is 0. The number of carbonyl (C=O) groups is 3. The van der Waals surface area contributed by atoms with Crippen molar-refractivity contribution in [3.63, 3.8) is 0 Å². The lowest BCUT2D eigenvalue weighted by Crippen LogP contribution is -2.54. The molecule has 2 aliphatic rings. The number of carbonyl (C=O) groups excluding carboxylic acids is 3. The van der Waals surface area contributed by atoms with Gasteiger partial charge in [0, 0.05) is 10.7 Å². The van der Waals surface area contributed by atoms with Gasteiger partial charge in [-0.3, -0.25) is 9.59 Å². The van der Waals surface area contributed by atoms with Crippen molar-refractivity contribution in [3.8, 4) is 0 Å². The molecule has 1 aromatic heterocycles. The van der Waals surface area contributed by atoms with Crippen LogP contribution in [0.15, 0.2) is 57.1 Å². The molecule has 1 N–H and O–H groups in total. The second-order valence-electron chi connectivity index (χ2n) is 6.74. The largest absolute Gasteiger partial charge is 0.459 e. The van der Waals surface area contributed by atoms with Gasteiger partial charge in [0.2, 0.25) is 5.91 Å². The fourth-order valence-electron chi connectivity index (χ4n) is 3.07. The Hall–Kier alpha value is -3.24. The predicted octanol–water partition coefficient (Wildman–Crippen LogP) is 2.71. The monoisotopic (exact) mass is 458 g/mol. The van der Waals surface area contributed by atoms with Gasteiger partial charge in [-0.25, -0.2) is 9.79 Å². The van der Waals surface area contributed by atoms with Crippen molar-refractivity contribution in [1.29, 1.82) is 0 Å². The normalized spacial score (nSPS) is 18.5. The number of amidine groups is 2. The Kier molecular flexibility index (Phi) is 5.75. The van der Waals surface area contributed by atoms with Gasteiger partial charge in [-0.2, -0.15) is 9.48 Å². The minimum atomic E-state index is -0.875. The molecule has 1 unspecified atom stereocenters. The van der Waals surface area contributed by atoms with Crippen LogP contribution in [0.2, 0.25) is 5.02 Å². The van der Waals surface area contributed by atoms with Crippen LogP contribution in [0.4, 0.5) is 10.5 Å². The second kappa shape index (κ2) is 8.48. The summed E-state index contributed by atoms with van der Waals surface area (Å²) in [6, 6.07) is 9.60. The first-order valence-electron chi connectivity index (χ1n) is 9.16. The smallest absolute Gasteiger partial charge is 0.445 e. The van der Waals surface area contributed by atoms with Crippen molar-refractivity contribution >= 4 is 63.6 Å². The molecular weight excluding hydrogens is 442 g/mol. The third-order valence-electron chi connectivity index (χ3n) is 4.66. The quantitative estimate of drug-likeness (QED) is 0.709. The number of hydrogen-bond acceptors (Lipinski definition) is 7. The van der Waals surface area contributed by atoms with Gasteiger partial charge < -0.3 is 9.73 Å². The number of fused-ring (bicyclic) bond motifs is 1. The molecule has 1 aromatic carbocycles. The summed E-state index contributed by atoms with van der Waals surface area (Å²) < 4.78 is 6.68. The second-order valence-corrected chi connectivity index (χ2v) is 8.17. The first-order chi connectivity index (χ1) is 14.8. The van der Waals surface area contributed by atoms with Crippen LogP contribution in [0.5, 0.6) is 0 Å². The van der Waals surface area contributed by atoms with Gasteiger partial charge in [-0.05, 0) is 36.4 Å². The van der Waals surface area contributed by atoms with Crippen molar-refractivity contribution in [2.75, 3.05) is 25.2 Å². The molecule has 0 spiro atoms. The number of hydrogen-bond donors (Lipinski definition) is 1. The van der Waals surface area contributed by atoms with Crippen molar-refractivity contribution in [2.45, 2.75) is 0 Å². The molecule has 0 aliphatic carbocycles. The van der Waals surface area contributed by atoms with Gasteiger partial charge in [0.05, 0.1) is 26.1 Å². The lowest BCUT2D eigenvalue weighted by Gasteiger charge is -2.26. The highest BCUT2D eigenvalue weighted by Crippen LogP contribution is 2.27. The number of rotatable bonds is 4. The standard InChI is InChI=1S/C20H16ClN5O4S/c1-25-17-15(19(28)26(2)20(25)29)18(24-16(23-17)13-4-3-9-30-13)31-10-14(27)22-12-7-5-11(21)6-8-12/h3-9,15H,10H2,1-2H3/p+1. The van der Waals surface area contributed by atoms with Crippen LogP contribution in [0.3, 0.4) is 0 Å². The van der Waals surface area contributed by atoms with Crippen LogP contribution in [-0.2, 0) is 9.59 Å². The summed E-state index contributed by atoms with van der Waals surface area (Å²) in [7, 11) is 2.94. The van der Waals surface area contributed by atoms with E-state index < -0.39 is 17.9 Å². The van der Waals surface area contributed by atoms with Gasteiger partial charge in [-0.1, -0.05) is 28.4 Å². The molecule has 0 saturated heterocycles. The number of aliphatic imine (C=N–C) groups is 2. The van der Waals surface area contributed by atoms with Crippen LogP contribution in [0.25, 0.3) is 0 Å². The Morgan fingerprint density at radius 2 is 2.00 bits per heavy atom. The van der Waals surface area contributed by atoms with E-state index in [1.54, 1.807) is 36.4 Å². The molecule has 31 heavy (non-hydrogen) atoms. The Morgan fingerprint density at radius 3 is 2.68 bits per heavy atom. The van der Waals surface area contributed by atoms with E-state index in [9.17, 15) is 14.4 Å². The zero-order valence-corrected chi connectivity index (χ0v) is 18.1. The number of halogens is 1. The van der Waals surface area contributed by atoms with E-state index in [-0.39, 0.29) is 23.3 Å². The van der Waals surface area contributed by atoms with E-state index in [4.69, 9.17) is 16.0 Å². The summed E-state index contributed by atoms with van der Waals surface area (Å²) in [5.41, 5.74) is 0.601. The van der Waals surface area contributed by atoms with E-state index in [0.29, 0.717) is 21.5 Å². The van der Waals surface area contributed by atoms with Crippen molar-refractivity contribution in [3.05, 3.63) is 53.4 Å². The van der Waals surface area contributed by atoms with Crippen LogP contribution < -0.4 is 5.32 Å². The van der Waals surface area contributed by atoms with Crippen LogP contribution in [0.1, 0.15) is 5.76 Å². The molecule has 4 rings (SSSR count). The van der Waals surface area contributed by atoms with Gasteiger partial charge in [0.1, 0.15) is 5.04 Å². The van der Waals surface area contributed by atoms with Crippen LogP contribution in [-0.4, -0.2) is 63.9 Å².